The van der Waals surface area contributed by atoms with Crippen molar-refractivity contribution in [3.05, 3.63) is 0 Å². The normalized spacial score (nSPS) is 15.8. The number of nitrogens with one attached hydrogen (secondary N) is 2. The molecular weight excluding hydrogens is 326 g/mol. The van der Waals surface area contributed by atoms with Gasteiger partial charge in [0.15, 0.2) is 0 Å². The molecule has 6 N–H and O–H groups in total. The lowest BCUT2D eigenvalue weighted by Crippen LogP contribution is -2.56. The van der Waals surface area contributed by atoms with Gasteiger partial charge in [-0.15, -0.1) is 0 Å². The molecule has 0 aromatic carbocycles. The van der Waals surface area contributed by atoms with Crippen LogP contribution in [0.3, 0.4) is 0 Å². The monoisotopic (exact) mass is 349 g/mol. The summed E-state index contributed by atoms with van der Waals surface area (Å²) < 4.78 is 0. The highest BCUT2D eigenvalue weighted by molar-refractivity contribution is 7.80. The minimum atomic E-state index is -1.42. The predicted octanol–water partition coefficient (Wildman–Crippen LogP) is -1.18. The van der Waals surface area contributed by atoms with Crippen LogP contribution in [0.25, 0.3) is 0 Å². The van der Waals surface area contributed by atoms with Gasteiger partial charge in [-0.25, -0.2) is 4.79 Å². The van der Waals surface area contributed by atoms with Crippen molar-refractivity contribution in [3.63, 3.8) is 0 Å². The molecular formula is C13H23N3O6S. The Morgan fingerprint density at radius 2 is 1.70 bits per heavy atom. The van der Waals surface area contributed by atoms with Crippen LogP contribution in [-0.2, 0) is 19.2 Å². The van der Waals surface area contributed by atoms with Crippen molar-refractivity contribution >= 4 is 36.4 Å². The second kappa shape index (κ2) is 10.1. The van der Waals surface area contributed by atoms with Crippen LogP contribution in [0.1, 0.15) is 26.7 Å². The summed E-state index contributed by atoms with van der Waals surface area (Å²) >= 11 is 3.84. The second-order valence-corrected chi connectivity index (χ2v) is 5.52. The first kappa shape index (κ1) is 21.2. The van der Waals surface area contributed by atoms with Crippen LogP contribution >= 0.6 is 12.6 Å². The highest BCUT2D eigenvalue weighted by Crippen LogP contribution is 2.08. The van der Waals surface area contributed by atoms with E-state index in [0.717, 1.165) is 0 Å². The first-order valence-electron chi connectivity index (χ1n) is 7.05. The highest BCUT2D eigenvalue weighted by atomic mass is 32.1. The van der Waals surface area contributed by atoms with Gasteiger partial charge >= 0.3 is 11.9 Å². The first-order valence-corrected chi connectivity index (χ1v) is 7.69. The summed E-state index contributed by atoms with van der Waals surface area (Å²) in [7, 11) is 0. The maximum Gasteiger partial charge on any atom is 0.326 e. The molecule has 0 spiro atoms. The summed E-state index contributed by atoms with van der Waals surface area (Å²) in [6.45, 7) is 3.40. The lowest BCUT2D eigenvalue weighted by Gasteiger charge is -2.24. The number of nitrogens with two attached hydrogens (primary N) is 1. The maximum atomic E-state index is 12.1. The van der Waals surface area contributed by atoms with E-state index in [1.54, 1.807) is 13.8 Å². The summed E-state index contributed by atoms with van der Waals surface area (Å²) in [4.78, 5) is 45.9. The largest absolute Gasteiger partial charge is 0.481 e. The second-order valence-electron chi connectivity index (χ2n) is 5.16. The SMILES string of the molecule is CCC(C)C(NC(=O)C(CC(=O)O)NC(=O)C(N)CS)C(=O)O. The number of rotatable bonds is 10. The number of carboxylic acid groups (broad SMARTS) is 2. The molecule has 10 heteroatoms. The molecule has 4 atom stereocenters. The molecule has 9 nitrogen and oxygen atoms in total. The molecule has 0 aromatic rings. The molecule has 0 saturated heterocycles. The summed E-state index contributed by atoms with van der Waals surface area (Å²) in [5.41, 5.74) is 5.45. The quantitative estimate of drug-likeness (QED) is 0.271. The summed E-state index contributed by atoms with van der Waals surface area (Å²) in [6, 6.07) is -3.61. The molecule has 0 aliphatic carbocycles. The summed E-state index contributed by atoms with van der Waals surface area (Å²) in [5, 5.41) is 22.5. The number of carboxylic acids is 2. The molecule has 0 rings (SSSR count). The van der Waals surface area contributed by atoms with Crippen molar-refractivity contribution < 1.29 is 29.4 Å². The van der Waals surface area contributed by atoms with E-state index in [2.05, 4.69) is 23.3 Å². The Hall–Kier alpha value is -1.81. The van der Waals surface area contributed by atoms with Crippen molar-refractivity contribution in [1.82, 2.24) is 10.6 Å². The molecule has 0 aliphatic heterocycles. The van der Waals surface area contributed by atoms with E-state index in [0.29, 0.717) is 6.42 Å². The number of carbonyl (C=O) groups excluding carboxylic acids is 2. The number of carbonyl (C=O) groups is 4. The Morgan fingerprint density at radius 1 is 1.13 bits per heavy atom. The molecule has 0 bridgehead atoms. The third kappa shape index (κ3) is 7.33. The zero-order valence-electron chi connectivity index (χ0n) is 13.0. The van der Waals surface area contributed by atoms with Gasteiger partial charge in [0, 0.05) is 5.75 Å². The fourth-order valence-electron chi connectivity index (χ4n) is 1.68. The average molecular weight is 349 g/mol. The van der Waals surface area contributed by atoms with Crippen LogP contribution < -0.4 is 16.4 Å². The Balaban J connectivity index is 5.08. The third-order valence-electron chi connectivity index (χ3n) is 3.32. The van der Waals surface area contributed by atoms with E-state index in [9.17, 15) is 19.2 Å². The minimum absolute atomic E-state index is 0.0118. The zero-order valence-corrected chi connectivity index (χ0v) is 13.9. The lowest BCUT2D eigenvalue weighted by atomic mass is 9.98. The molecule has 2 amide bonds. The van der Waals surface area contributed by atoms with E-state index in [-0.39, 0.29) is 11.7 Å². The van der Waals surface area contributed by atoms with E-state index < -0.39 is 48.3 Å². The van der Waals surface area contributed by atoms with Crippen LogP contribution in [0.15, 0.2) is 0 Å². The van der Waals surface area contributed by atoms with Gasteiger partial charge in [0.1, 0.15) is 12.1 Å². The van der Waals surface area contributed by atoms with Crippen LogP contribution in [0.5, 0.6) is 0 Å². The van der Waals surface area contributed by atoms with Gasteiger partial charge in [0.25, 0.3) is 0 Å². The van der Waals surface area contributed by atoms with Crippen LogP contribution in [0.2, 0.25) is 0 Å². The fourth-order valence-corrected chi connectivity index (χ4v) is 1.85. The topological polar surface area (TPSA) is 159 Å². The molecule has 0 radical (unpaired) electrons. The van der Waals surface area contributed by atoms with Crippen molar-refractivity contribution in [2.45, 2.75) is 44.8 Å². The van der Waals surface area contributed by atoms with Gasteiger partial charge < -0.3 is 26.6 Å². The van der Waals surface area contributed by atoms with E-state index in [1.165, 1.54) is 0 Å². The Bertz CT molecular complexity index is 459. The lowest BCUT2D eigenvalue weighted by molar-refractivity contribution is -0.144. The first-order chi connectivity index (χ1) is 10.6. The molecule has 0 aliphatic rings. The van der Waals surface area contributed by atoms with E-state index in [1.807, 2.05) is 0 Å². The van der Waals surface area contributed by atoms with Gasteiger partial charge in [-0.2, -0.15) is 12.6 Å². The molecule has 23 heavy (non-hydrogen) atoms. The fraction of sp³-hybridized carbons (Fsp3) is 0.692. The number of amides is 2. The van der Waals surface area contributed by atoms with E-state index >= 15 is 0 Å². The Morgan fingerprint density at radius 3 is 2.09 bits per heavy atom. The minimum Gasteiger partial charge on any atom is -0.481 e. The average Bonchev–Trinajstić information content (AvgIpc) is 2.48. The number of hydrogen-bond donors (Lipinski definition) is 6. The summed E-state index contributed by atoms with van der Waals surface area (Å²) in [6.07, 6.45) is -0.193. The van der Waals surface area contributed by atoms with Gasteiger partial charge in [0.2, 0.25) is 11.8 Å². The molecule has 0 heterocycles. The van der Waals surface area contributed by atoms with Gasteiger partial charge in [0.05, 0.1) is 12.5 Å². The highest BCUT2D eigenvalue weighted by Gasteiger charge is 2.31. The smallest absolute Gasteiger partial charge is 0.326 e. The molecule has 0 saturated carbocycles. The van der Waals surface area contributed by atoms with Crippen LogP contribution in [0.4, 0.5) is 0 Å². The van der Waals surface area contributed by atoms with Crippen molar-refractivity contribution in [2.24, 2.45) is 11.7 Å². The number of thiol groups is 1. The van der Waals surface area contributed by atoms with Gasteiger partial charge in [-0.05, 0) is 5.92 Å². The van der Waals surface area contributed by atoms with Crippen LogP contribution in [-0.4, -0.2) is 57.8 Å². The van der Waals surface area contributed by atoms with Crippen molar-refractivity contribution in [3.8, 4) is 0 Å². The summed E-state index contributed by atoms with van der Waals surface area (Å²) in [5.74, 6) is -4.54. The van der Waals surface area contributed by atoms with Gasteiger partial charge in [-0.3, -0.25) is 14.4 Å². The molecule has 0 fully saturated rings. The Kier molecular flexibility index (Phi) is 9.27. The van der Waals surface area contributed by atoms with E-state index in [4.69, 9.17) is 15.9 Å². The maximum absolute atomic E-state index is 12.1. The number of hydrogen-bond acceptors (Lipinski definition) is 6. The molecule has 132 valence electrons. The Labute approximate surface area is 139 Å². The molecule has 0 aromatic heterocycles. The van der Waals surface area contributed by atoms with Crippen LogP contribution in [0, 0.1) is 5.92 Å². The standard InChI is InChI=1S/C13H23N3O6S/c1-3-6(2)10(13(21)22)16-12(20)8(4-9(17)18)15-11(19)7(14)5-23/h6-8,10,23H,3-5,14H2,1-2H3,(H,15,19)(H,16,20)(H,17,18)(H,21,22). The number of aliphatic carboxylic acids is 2. The van der Waals surface area contributed by atoms with Crippen molar-refractivity contribution in [2.75, 3.05) is 5.75 Å². The molecule has 4 unspecified atom stereocenters. The van der Waals surface area contributed by atoms with Gasteiger partial charge in [-0.1, -0.05) is 20.3 Å². The third-order valence-corrected chi connectivity index (χ3v) is 3.72. The predicted molar refractivity (Wildman–Crippen MR) is 85.0 cm³/mol. The zero-order chi connectivity index (χ0) is 18.2. The van der Waals surface area contributed by atoms with Crippen molar-refractivity contribution in [1.29, 1.82) is 0 Å².